The Bertz CT molecular complexity index is 474. The first kappa shape index (κ1) is 22.1. The van der Waals surface area contributed by atoms with Crippen LogP contribution >= 0.6 is 11.3 Å². The second-order valence-corrected chi connectivity index (χ2v) is 8.35. The maximum Gasteiger partial charge on any atom is 0.160 e. The predicted octanol–water partition coefficient (Wildman–Crippen LogP) is 6.89. The highest BCUT2D eigenvalue weighted by molar-refractivity contribution is 7.15. The van der Waals surface area contributed by atoms with Gasteiger partial charge in [0.25, 0.3) is 0 Å². The molecule has 1 aromatic rings. The summed E-state index contributed by atoms with van der Waals surface area (Å²) in [6.07, 6.45) is 13.4. The third-order valence-corrected chi connectivity index (χ3v) is 6.59. The largest absolute Gasteiger partial charge is 0.297 e. The van der Waals surface area contributed by atoms with Crippen molar-refractivity contribution in [3.8, 4) is 0 Å². The van der Waals surface area contributed by atoms with Crippen molar-refractivity contribution < 1.29 is 9.59 Å². The molecule has 0 radical (unpaired) electrons. The smallest absolute Gasteiger partial charge is 0.160 e. The van der Waals surface area contributed by atoms with Gasteiger partial charge in [-0.15, -0.1) is 11.3 Å². The molecule has 2 nitrogen and oxygen atoms in total. The Hall–Kier alpha value is -0.960. The van der Waals surface area contributed by atoms with Gasteiger partial charge in [-0.05, 0) is 35.8 Å². The molecule has 0 aliphatic rings. The van der Waals surface area contributed by atoms with E-state index in [1.54, 1.807) is 0 Å². The molecule has 2 unspecified atom stereocenters. The molecule has 3 heteroatoms. The van der Waals surface area contributed by atoms with E-state index in [0.29, 0.717) is 11.8 Å². The lowest BCUT2D eigenvalue weighted by molar-refractivity contribution is 0.111. The monoisotopic (exact) mass is 364 g/mol. The number of hydrogen-bond acceptors (Lipinski definition) is 3. The average molecular weight is 365 g/mol. The number of hydrogen-bond donors (Lipinski definition) is 0. The number of aldehydes is 2. The van der Waals surface area contributed by atoms with Gasteiger partial charge in [0.2, 0.25) is 0 Å². The quantitative estimate of drug-likeness (QED) is 0.337. The molecule has 0 bridgehead atoms. The van der Waals surface area contributed by atoms with Crippen LogP contribution in [-0.2, 0) is 12.8 Å². The first-order chi connectivity index (χ1) is 12.1. The zero-order valence-electron chi connectivity index (χ0n) is 16.6. The minimum Gasteiger partial charge on any atom is -0.297 e. The summed E-state index contributed by atoms with van der Waals surface area (Å²) >= 11 is 1.40. The summed E-state index contributed by atoms with van der Waals surface area (Å²) in [7, 11) is 0. The minimum absolute atomic E-state index is 0.613. The summed E-state index contributed by atoms with van der Waals surface area (Å²) in [5, 5.41) is 0. The van der Waals surface area contributed by atoms with Crippen molar-refractivity contribution in [1.29, 1.82) is 0 Å². The van der Waals surface area contributed by atoms with Crippen LogP contribution in [-0.4, -0.2) is 12.6 Å². The van der Waals surface area contributed by atoms with Gasteiger partial charge in [0.15, 0.2) is 12.6 Å². The van der Waals surface area contributed by atoms with Gasteiger partial charge in [0.1, 0.15) is 0 Å². The highest BCUT2D eigenvalue weighted by atomic mass is 32.1. The molecule has 0 aliphatic heterocycles. The van der Waals surface area contributed by atoms with Gasteiger partial charge in [-0.1, -0.05) is 79.1 Å². The SMILES string of the molecule is CCCCC(CC)Cc1c(C=O)sc(C=O)c1CC(CC)CCCC. The van der Waals surface area contributed by atoms with Gasteiger partial charge in [0.05, 0.1) is 9.75 Å². The molecular formula is C22H36O2S. The third-order valence-electron chi connectivity index (χ3n) is 5.47. The molecule has 2 atom stereocenters. The van der Waals surface area contributed by atoms with Crippen LogP contribution in [0.25, 0.3) is 0 Å². The lowest BCUT2D eigenvalue weighted by Gasteiger charge is -2.19. The van der Waals surface area contributed by atoms with Crippen LogP contribution in [0.3, 0.4) is 0 Å². The van der Waals surface area contributed by atoms with Crippen LogP contribution in [0.5, 0.6) is 0 Å². The molecule has 0 saturated heterocycles. The van der Waals surface area contributed by atoms with E-state index in [1.807, 2.05) is 0 Å². The van der Waals surface area contributed by atoms with Gasteiger partial charge in [-0.25, -0.2) is 0 Å². The van der Waals surface area contributed by atoms with Crippen LogP contribution in [0.4, 0.5) is 0 Å². The molecule has 0 aliphatic carbocycles. The number of carbonyl (C=O) groups excluding carboxylic acids is 2. The fourth-order valence-corrected chi connectivity index (χ4v) is 4.63. The van der Waals surface area contributed by atoms with Gasteiger partial charge in [0, 0.05) is 0 Å². The van der Waals surface area contributed by atoms with E-state index < -0.39 is 0 Å². The predicted molar refractivity (Wildman–Crippen MR) is 109 cm³/mol. The van der Waals surface area contributed by atoms with E-state index in [-0.39, 0.29) is 0 Å². The van der Waals surface area contributed by atoms with E-state index in [4.69, 9.17) is 0 Å². The van der Waals surface area contributed by atoms with E-state index in [2.05, 4.69) is 27.7 Å². The molecule has 0 fully saturated rings. The second kappa shape index (κ2) is 12.4. The van der Waals surface area contributed by atoms with Crippen molar-refractivity contribution in [3.05, 3.63) is 20.9 Å². The van der Waals surface area contributed by atoms with E-state index >= 15 is 0 Å². The fourth-order valence-electron chi connectivity index (χ4n) is 3.64. The standard InChI is InChI=1S/C22H36O2S/c1-5-9-11-17(7-3)13-19-20(14-18(8-4)12-10-6-2)22(16-24)25-21(19)15-23/h15-18H,5-14H2,1-4H3. The zero-order chi connectivity index (χ0) is 18.7. The summed E-state index contributed by atoms with van der Waals surface area (Å²) in [5.74, 6) is 1.23. The van der Waals surface area contributed by atoms with Crippen LogP contribution in [0.15, 0.2) is 0 Å². The summed E-state index contributed by atoms with van der Waals surface area (Å²) < 4.78 is 0. The molecule has 0 N–H and O–H groups in total. The Labute approximate surface area is 158 Å². The normalized spacial score (nSPS) is 13.6. The number of rotatable bonds is 14. The fraction of sp³-hybridized carbons (Fsp3) is 0.727. The molecule has 1 rings (SSSR count). The molecule has 1 aromatic heterocycles. The molecule has 0 amide bonds. The maximum absolute atomic E-state index is 11.6. The van der Waals surface area contributed by atoms with E-state index in [0.717, 1.165) is 48.0 Å². The molecular weight excluding hydrogens is 328 g/mol. The van der Waals surface area contributed by atoms with Crippen molar-refractivity contribution in [3.63, 3.8) is 0 Å². The van der Waals surface area contributed by atoms with Crippen molar-refractivity contribution in [2.45, 2.75) is 91.9 Å². The third kappa shape index (κ3) is 6.69. The zero-order valence-corrected chi connectivity index (χ0v) is 17.4. The maximum atomic E-state index is 11.6. The lowest BCUT2D eigenvalue weighted by Crippen LogP contribution is -2.10. The summed E-state index contributed by atoms with van der Waals surface area (Å²) in [6.45, 7) is 8.93. The number of unbranched alkanes of at least 4 members (excludes halogenated alkanes) is 2. The summed E-state index contributed by atoms with van der Waals surface area (Å²) in [6, 6.07) is 0. The minimum atomic E-state index is 0.613. The van der Waals surface area contributed by atoms with Gasteiger partial charge in [-0.2, -0.15) is 0 Å². The Morgan fingerprint density at radius 2 is 1.16 bits per heavy atom. The van der Waals surface area contributed by atoms with Gasteiger partial charge >= 0.3 is 0 Å². The van der Waals surface area contributed by atoms with Crippen LogP contribution in [0, 0.1) is 11.8 Å². The Morgan fingerprint density at radius 1 is 0.760 bits per heavy atom. The summed E-state index contributed by atoms with van der Waals surface area (Å²) in [5.41, 5.74) is 2.36. The molecule has 0 saturated carbocycles. The van der Waals surface area contributed by atoms with Crippen molar-refractivity contribution in [1.82, 2.24) is 0 Å². The van der Waals surface area contributed by atoms with Crippen LogP contribution < -0.4 is 0 Å². The Balaban J connectivity index is 3.09. The highest BCUT2D eigenvalue weighted by Gasteiger charge is 2.22. The molecule has 1 heterocycles. The van der Waals surface area contributed by atoms with E-state index in [9.17, 15) is 9.59 Å². The highest BCUT2D eigenvalue weighted by Crippen LogP contribution is 2.33. The first-order valence-electron chi connectivity index (χ1n) is 10.2. The Kier molecular flexibility index (Phi) is 11.0. The molecule has 142 valence electrons. The number of thiophene rings is 1. The lowest BCUT2D eigenvalue weighted by atomic mass is 9.85. The van der Waals surface area contributed by atoms with Gasteiger partial charge in [-0.3, -0.25) is 9.59 Å². The first-order valence-corrected chi connectivity index (χ1v) is 11.0. The van der Waals surface area contributed by atoms with Crippen molar-refractivity contribution in [2.75, 3.05) is 0 Å². The van der Waals surface area contributed by atoms with Gasteiger partial charge < -0.3 is 0 Å². The number of carbonyl (C=O) groups is 2. The van der Waals surface area contributed by atoms with Crippen molar-refractivity contribution >= 4 is 23.9 Å². The van der Waals surface area contributed by atoms with Crippen molar-refractivity contribution in [2.24, 2.45) is 11.8 Å². The summed E-state index contributed by atoms with van der Waals surface area (Å²) in [4.78, 5) is 24.8. The topological polar surface area (TPSA) is 34.1 Å². The second-order valence-electron chi connectivity index (χ2n) is 7.26. The Morgan fingerprint density at radius 3 is 1.44 bits per heavy atom. The van der Waals surface area contributed by atoms with Crippen LogP contribution in [0.1, 0.15) is 110 Å². The molecule has 0 spiro atoms. The average Bonchev–Trinajstić information content (AvgIpc) is 2.98. The molecule has 25 heavy (non-hydrogen) atoms. The van der Waals surface area contributed by atoms with E-state index in [1.165, 1.54) is 61.0 Å². The molecule has 0 aromatic carbocycles. The van der Waals surface area contributed by atoms with Crippen LogP contribution in [0.2, 0.25) is 0 Å².